The summed E-state index contributed by atoms with van der Waals surface area (Å²) < 4.78 is 66.7. The second kappa shape index (κ2) is 11.5. The minimum absolute atomic E-state index is 0.138. The van der Waals surface area contributed by atoms with E-state index in [4.69, 9.17) is 9.47 Å². The third-order valence-electron chi connectivity index (χ3n) is 6.77. The number of alkyl halides is 2. The summed E-state index contributed by atoms with van der Waals surface area (Å²) in [5, 5.41) is 8.02. The Bertz CT molecular complexity index is 1590. The molecule has 1 aliphatic rings. The van der Waals surface area contributed by atoms with Gasteiger partial charge in [-0.25, -0.2) is 21.2 Å². The third kappa shape index (κ3) is 5.64. The third-order valence-corrected chi connectivity index (χ3v) is 8.45. The van der Waals surface area contributed by atoms with Crippen molar-refractivity contribution < 1.29 is 26.7 Å². The summed E-state index contributed by atoms with van der Waals surface area (Å²) in [6, 6.07) is 8.21. The van der Waals surface area contributed by atoms with Gasteiger partial charge in [0.2, 0.25) is 11.8 Å². The topological polar surface area (TPSA) is 116 Å². The highest BCUT2D eigenvalue weighted by molar-refractivity contribution is 7.90. The molecular weight excluding hydrogens is 544 g/mol. The van der Waals surface area contributed by atoms with Gasteiger partial charge in [-0.05, 0) is 39.0 Å². The predicted molar refractivity (Wildman–Crippen MR) is 145 cm³/mol. The number of hydrogen-bond acceptors (Lipinski definition) is 9. The Morgan fingerprint density at radius 3 is 2.65 bits per heavy atom. The van der Waals surface area contributed by atoms with Crippen LogP contribution in [-0.4, -0.2) is 82.4 Å². The van der Waals surface area contributed by atoms with Gasteiger partial charge < -0.3 is 14.8 Å². The molecule has 3 aromatic heterocycles. The Hall–Kier alpha value is -3.62. The molecule has 4 heterocycles. The van der Waals surface area contributed by atoms with Gasteiger partial charge in [0, 0.05) is 25.8 Å². The zero-order valence-corrected chi connectivity index (χ0v) is 23.2. The van der Waals surface area contributed by atoms with E-state index in [1.807, 2.05) is 25.7 Å². The predicted octanol–water partition coefficient (Wildman–Crippen LogP) is 3.59. The van der Waals surface area contributed by atoms with E-state index in [0.717, 1.165) is 15.2 Å². The molecule has 0 saturated carbocycles. The van der Waals surface area contributed by atoms with Crippen LogP contribution in [0, 0.1) is 13.8 Å². The number of morpholine rings is 1. The maximum absolute atomic E-state index is 13.5. The van der Waals surface area contributed by atoms with Crippen LogP contribution in [0.25, 0.3) is 11.0 Å². The van der Waals surface area contributed by atoms with Crippen LogP contribution in [0.15, 0.2) is 47.6 Å². The molecule has 14 heteroatoms. The Balaban J connectivity index is 1.40. The van der Waals surface area contributed by atoms with Crippen LogP contribution in [0.4, 0.5) is 20.4 Å². The van der Waals surface area contributed by atoms with E-state index in [-0.39, 0.29) is 35.5 Å². The smallest absolute Gasteiger partial charge is 0.269 e. The molecule has 4 aromatic rings. The van der Waals surface area contributed by atoms with Crippen molar-refractivity contribution in [2.75, 3.05) is 38.2 Å². The molecule has 0 bridgehead atoms. The van der Waals surface area contributed by atoms with Gasteiger partial charge in [-0.3, -0.25) is 9.58 Å². The number of benzene rings is 1. The van der Waals surface area contributed by atoms with Gasteiger partial charge in [0.25, 0.3) is 16.4 Å². The number of nitrogens with zero attached hydrogens (tertiary/aromatic N) is 6. The van der Waals surface area contributed by atoms with E-state index in [0.29, 0.717) is 37.3 Å². The van der Waals surface area contributed by atoms with E-state index < -0.39 is 22.6 Å². The van der Waals surface area contributed by atoms with E-state index >= 15 is 0 Å². The molecular formula is C26H31F2N7O4S. The molecule has 11 nitrogen and oxygen atoms in total. The number of ether oxygens (including phenoxy) is 2. The Kier molecular flexibility index (Phi) is 8.01. The van der Waals surface area contributed by atoms with Crippen LogP contribution in [0.5, 0.6) is 5.88 Å². The van der Waals surface area contributed by atoms with Gasteiger partial charge in [0.15, 0.2) is 5.65 Å². The Labute approximate surface area is 230 Å². The van der Waals surface area contributed by atoms with Crippen molar-refractivity contribution in [2.45, 2.75) is 44.7 Å². The fraction of sp³-hybridized carbons (Fsp3) is 0.423. The second-order valence-corrected chi connectivity index (χ2v) is 11.3. The lowest BCUT2D eigenvalue weighted by molar-refractivity contribution is -0.102. The lowest BCUT2D eigenvalue weighted by Crippen LogP contribution is -2.46. The molecule has 0 aliphatic carbocycles. The number of hydrogen-bond donors (Lipinski definition) is 1. The van der Waals surface area contributed by atoms with E-state index in [1.165, 1.54) is 6.20 Å². The molecule has 1 aromatic carbocycles. The lowest BCUT2D eigenvalue weighted by atomic mass is 10.2. The van der Waals surface area contributed by atoms with Crippen molar-refractivity contribution in [1.29, 1.82) is 0 Å². The number of aromatic nitrogens is 5. The van der Waals surface area contributed by atoms with Crippen LogP contribution in [0.3, 0.4) is 0 Å². The maximum atomic E-state index is 13.5. The molecule has 1 atom stereocenters. The van der Waals surface area contributed by atoms with E-state index in [2.05, 4.69) is 20.4 Å². The van der Waals surface area contributed by atoms with E-state index in [9.17, 15) is 17.2 Å². The number of anilines is 2. The van der Waals surface area contributed by atoms with E-state index in [1.54, 1.807) is 41.2 Å². The van der Waals surface area contributed by atoms with Gasteiger partial charge >= 0.3 is 0 Å². The molecule has 5 rings (SSSR count). The molecule has 1 saturated heterocycles. The highest BCUT2D eigenvalue weighted by atomic mass is 32.2. The fourth-order valence-electron chi connectivity index (χ4n) is 4.52. The highest BCUT2D eigenvalue weighted by Crippen LogP contribution is 2.30. The fourth-order valence-corrected chi connectivity index (χ4v) is 5.82. The van der Waals surface area contributed by atoms with Crippen molar-refractivity contribution in [3.63, 3.8) is 0 Å². The Morgan fingerprint density at radius 1 is 1.15 bits per heavy atom. The monoisotopic (exact) mass is 575 g/mol. The minimum Gasteiger partial charge on any atom is -0.477 e. The normalized spacial score (nSPS) is 16.6. The van der Waals surface area contributed by atoms with Gasteiger partial charge in [0.05, 0.1) is 47.6 Å². The number of nitrogens with one attached hydrogen (secondary N) is 1. The summed E-state index contributed by atoms with van der Waals surface area (Å²) >= 11 is 0. The number of fused-ring (bicyclic) bond motifs is 1. The first-order valence-electron chi connectivity index (χ1n) is 12.9. The number of rotatable bonds is 10. The van der Waals surface area contributed by atoms with Crippen LogP contribution in [-0.2, 0) is 21.3 Å². The maximum Gasteiger partial charge on any atom is 0.269 e. The van der Waals surface area contributed by atoms with Crippen LogP contribution < -0.4 is 10.1 Å². The largest absolute Gasteiger partial charge is 0.477 e. The lowest BCUT2D eigenvalue weighted by Gasteiger charge is -2.32. The summed E-state index contributed by atoms with van der Waals surface area (Å²) in [4.78, 5) is 11.1. The van der Waals surface area contributed by atoms with Crippen molar-refractivity contribution in [3.05, 3.63) is 54.0 Å². The zero-order valence-electron chi connectivity index (χ0n) is 22.4. The molecule has 0 amide bonds. The summed E-state index contributed by atoms with van der Waals surface area (Å²) in [5.41, 5.74) is 2.52. The second-order valence-electron chi connectivity index (χ2n) is 9.49. The Morgan fingerprint density at radius 2 is 1.93 bits per heavy atom. The quantitative estimate of drug-likeness (QED) is 0.303. The number of aryl methyl sites for hydroxylation is 1. The molecule has 1 aliphatic heterocycles. The van der Waals surface area contributed by atoms with Gasteiger partial charge in [-0.15, -0.1) is 0 Å². The van der Waals surface area contributed by atoms with Crippen LogP contribution in [0.1, 0.15) is 18.2 Å². The first-order valence-corrected chi connectivity index (χ1v) is 14.4. The minimum atomic E-state index is -3.93. The van der Waals surface area contributed by atoms with Crippen LogP contribution in [0.2, 0.25) is 0 Å². The molecule has 40 heavy (non-hydrogen) atoms. The van der Waals surface area contributed by atoms with Gasteiger partial charge in [0.1, 0.15) is 6.10 Å². The van der Waals surface area contributed by atoms with Crippen molar-refractivity contribution in [2.24, 2.45) is 0 Å². The molecule has 1 fully saturated rings. The first-order chi connectivity index (χ1) is 19.2. The SMILES string of the molecule is CCOc1nc(Nc2cnn(CCN3CCO[C@H](C(F)F)C3)c2C)nc2c1ccn2S(=O)(=O)c1ccc(C)cc1. The standard InChI is InChI=1S/C26H31F2N7O4S/c1-4-38-25-20-9-10-35(40(36,37)19-7-5-17(2)6-8-19)24(20)31-26(32-25)30-21-15-29-34(18(21)3)12-11-33-13-14-39-22(16-33)23(27)28/h5-10,15,22-23H,4,11-14,16H2,1-3H3,(H,30,31,32)/t22-/m0/s1. The summed E-state index contributed by atoms with van der Waals surface area (Å²) in [6.07, 6.45) is -0.539. The average molecular weight is 576 g/mol. The molecule has 0 unspecified atom stereocenters. The van der Waals surface area contributed by atoms with Crippen LogP contribution >= 0.6 is 0 Å². The molecule has 1 N–H and O–H groups in total. The highest BCUT2D eigenvalue weighted by Gasteiger charge is 2.28. The molecule has 0 radical (unpaired) electrons. The van der Waals surface area contributed by atoms with Crippen molar-refractivity contribution >= 4 is 32.7 Å². The van der Waals surface area contributed by atoms with Gasteiger partial charge in [-0.2, -0.15) is 15.1 Å². The zero-order chi connectivity index (χ0) is 28.4. The number of halogens is 2. The summed E-state index contributed by atoms with van der Waals surface area (Å²) in [6.45, 7) is 7.93. The van der Waals surface area contributed by atoms with Crippen molar-refractivity contribution in [1.82, 2.24) is 28.6 Å². The molecule has 214 valence electrons. The summed E-state index contributed by atoms with van der Waals surface area (Å²) in [5.74, 6) is 0.393. The average Bonchev–Trinajstić information content (AvgIpc) is 3.52. The first kappa shape index (κ1) is 27.9. The van der Waals surface area contributed by atoms with Gasteiger partial charge in [-0.1, -0.05) is 17.7 Å². The summed E-state index contributed by atoms with van der Waals surface area (Å²) in [7, 11) is -3.93. The van der Waals surface area contributed by atoms with Crippen molar-refractivity contribution in [3.8, 4) is 5.88 Å². The molecule has 0 spiro atoms.